The fourth-order valence-corrected chi connectivity index (χ4v) is 12.8. The highest BCUT2D eigenvalue weighted by Gasteiger charge is 2.41. The summed E-state index contributed by atoms with van der Waals surface area (Å²) in [5.41, 5.74) is 6.12. The number of rotatable bonds is 19. The highest BCUT2D eigenvalue weighted by molar-refractivity contribution is 6.05. The van der Waals surface area contributed by atoms with E-state index in [0.717, 1.165) is 77.1 Å². The summed E-state index contributed by atoms with van der Waals surface area (Å²) in [6.07, 6.45) is 10.7. The zero-order valence-corrected chi connectivity index (χ0v) is 53.9. The number of nitrogens with one attached hydrogen (secondary N) is 4. The van der Waals surface area contributed by atoms with E-state index in [-0.39, 0.29) is 41.8 Å². The molecule has 23 nitrogen and oxygen atoms in total. The quantitative estimate of drug-likeness (QED) is 0.0609. The van der Waals surface area contributed by atoms with E-state index < -0.39 is 6.04 Å². The second kappa shape index (κ2) is 29.4. The number of hydrogen-bond donors (Lipinski definition) is 4. The minimum absolute atomic E-state index is 0.000434. The van der Waals surface area contributed by atoms with Crippen LogP contribution in [0, 0.1) is 0 Å². The topological polar surface area (TPSA) is 216 Å². The predicted octanol–water partition coefficient (Wildman–Crippen LogP) is 7.79. The van der Waals surface area contributed by atoms with E-state index in [2.05, 4.69) is 95.4 Å². The maximum Gasteiger partial charge on any atom is 0.251 e. The van der Waals surface area contributed by atoms with Crippen molar-refractivity contribution in [1.82, 2.24) is 55.3 Å². The Bertz CT molecular complexity index is 3430. The fraction of sp³-hybridized carbons (Fsp3) is 0.463. The largest absolute Gasteiger partial charge is 0.495 e. The zero-order valence-electron chi connectivity index (χ0n) is 53.9. The molecule has 0 bridgehead atoms. The summed E-state index contributed by atoms with van der Waals surface area (Å²) in [6.45, 7) is 11.9. The molecular formula is C67H89N17O6. The van der Waals surface area contributed by atoms with E-state index in [1.807, 2.05) is 79.3 Å². The van der Waals surface area contributed by atoms with Crippen LogP contribution in [0.15, 0.2) is 109 Å². The average molecular weight is 1230 g/mol. The Hall–Kier alpha value is -8.48. The highest BCUT2D eigenvalue weighted by atomic mass is 16.5. The van der Waals surface area contributed by atoms with Crippen LogP contribution in [0.4, 0.5) is 46.3 Å². The fourth-order valence-electron chi connectivity index (χ4n) is 12.8. The van der Waals surface area contributed by atoms with Gasteiger partial charge >= 0.3 is 0 Å². The van der Waals surface area contributed by atoms with Gasteiger partial charge in [0.25, 0.3) is 23.6 Å². The van der Waals surface area contributed by atoms with E-state index >= 15 is 0 Å². The third-order valence-electron chi connectivity index (χ3n) is 18.0. The van der Waals surface area contributed by atoms with Crippen molar-refractivity contribution >= 4 is 69.9 Å². The Kier molecular flexibility index (Phi) is 21.1. The minimum Gasteiger partial charge on any atom is -0.495 e. The number of aromatic nitrogens is 4. The van der Waals surface area contributed by atoms with Crippen LogP contribution >= 0.6 is 0 Å². The van der Waals surface area contributed by atoms with Crippen molar-refractivity contribution in [2.75, 3.05) is 126 Å². The first-order chi connectivity index (χ1) is 43.5. The van der Waals surface area contributed by atoms with Crippen molar-refractivity contribution in [3.05, 3.63) is 132 Å². The Labute approximate surface area is 529 Å². The molecule has 0 saturated carbocycles. The number of likely N-dealkylation sites (tertiary alicyclic amines) is 3. The molecular weight excluding hydrogens is 1140 g/mol. The van der Waals surface area contributed by atoms with Crippen molar-refractivity contribution in [2.24, 2.45) is 0 Å². The molecule has 6 aromatic rings. The lowest BCUT2D eigenvalue weighted by molar-refractivity contribution is -0.121. The van der Waals surface area contributed by atoms with Crippen LogP contribution in [0.3, 0.4) is 0 Å². The Balaban J connectivity index is 0.000000200. The molecule has 5 aliphatic rings. The van der Waals surface area contributed by atoms with Gasteiger partial charge in [-0.1, -0.05) is 74.5 Å². The van der Waals surface area contributed by atoms with Gasteiger partial charge in [-0.05, 0) is 132 Å². The molecule has 0 radical (unpaired) electrons. The predicted molar refractivity (Wildman–Crippen MR) is 353 cm³/mol. The van der Waals surface area contributed by atoms with E-state index in [4.69, 9.17) is 19.4 Å². The second-order valence-corrected chi connectivity index (χ2v) is 24.2. The monoisotopic (exact) mass is 1230 g/mol. The van der Waals surface area contributed by atoms with Crippen LogP contribution in [-0.4, -0.2) is 194 Å². The van der Waals surface area contributed by atoms with Crippen LogP contribution < -0.4 is 50.6 Å². The number of carbonyl (C=O) groups is 4. The molecule has 2 aromatic heterocycles. The maximum atomic E-state index is 13.3. The molecule has 0 aliphatic carbocycles. The second-order valence-electron chi connectivity index (χ2n) is 24.2. The normalized spacial score (nSPS) is 18.8. The van der Waals surface area contributed by atoms with Crippen LogP contribution in [0.2, 0.25) is 0 Å². The lowest BCUT2D eigenvalue weighted by Gasteiger charge is -2.44. The number of ether oxygens (including phenoxy) is 2. The summed E-state index contributed by atoms with van der Waals surface area (Å²) in [6, 6.07) is 31.7. The van der Waals surface area contributed by atoms with Gasteiger partial charge in [0.1, 0.15) is 35.0 Å². The third-order valence-corrected chi connectivity index (χ3v) is 18.0. The molecule has 90 heavy (non-hydrogen) atoms. The number of nitrogens with zero attached hydrogens (tertiary/aromatic N) is 13. The van der Waals surface area contributed by atoms with Crippen LogP contribution in [-0.2, 0) is 22.7 Å². The van der Waals surface area contributed by atoms with E-state index in [1.165, 1.54) is 18.4 Å². The molecule has 4 amide bonds. The van der Waals surface area contributed by atoms with Crippen molar-refractivity contribution in [3.8, 4) is 11.5 Å². The molecule has 3 fully saturated rings. The molecule has 2 atom stereocenters. The number of methoxy groups -OCH3 is 2. The van der Waals surface area contributed by atoms with Crippen molar-refractivity contribution < 1.29 is 28.7 Å². The Morgan fingerprint density at radius 2 is 1.03 bits per heavy atom. The van der Waals surface area contributed by atoms with Gasteiger partial charge in [0.2, 0.25) is 11.9 Å². The van der Waals surface area contributed by atoms with Gasteiger partial charge in [-0.3, -0.25) is 34.1 Å². The van der Waals surface area contributed by atoms with Gasteiger partial charge in [0.15, 0.2) is 11.6 Å². The van der Waals surface area contributed by atoms with Crippen molar-refractivity contribution in [1.29, 1.82) is 0 Å². The molecule has 4 aromatic carbocycles. The van der Waals surface area contributed by atoms with E-state index in [1.54, 1.807) is 80.8 Å². The third kappa shape index (κ3) is 14.9. The van der Waals surface area contributed by atoms with E-state index in [9.17, 15) is 19.2 Å². The summed E-state index contributed by atoms with van der Waals surface area (Å²) in [5.74, 6) is 2.78. The van der Waals surface area contributed by atoms with Crippen LogP contribution in [0.25, 0.3) is 0 Å². The number of hydrogen-bond acceptors (Lipinski definition) is 19. The first-order valence-corrected chi connectivity index (χ1v) is 31.5. The lowest BCUT2D eigenvalue weighted by Crippen LogP contribution is -2.57. The first kappa shape index (κ1) is 64.5. The Morgan fingerprint density at radius 1 is 0.578 bits per heavy atom. The van der Waals surface area contributed by atoms with Gasteiger partial charge in [0.05, 0.1) is 38.0 Å². The molecule has 23 heteroatoms. The lowest BCUT2D eigenvalue weighted by atomic mass is 9.97. The van der Waals surface area contributed by atoms with Gasteiger partial charge in [-0.25, -0.2) is 20.0 Å². The number of benzene rings is 4. The van der Waals surface area contributed by atoms with Gasteiger partial charge < -0.3 is 50.3 Å². The molecule has 478 valence electrons. The summed E-state index contributed by atoms with van der Waals surface area (Å²) < 4.78 is 11.3. The summed E-state index contributed by atoms with van der Waals surface area (Å²) >= 11 is 0. The molecule has 2 unspecified atom stereocenters. The molecule has 11 rings (SSSR count). The highest BCUT2D eigenvalue weighted by Crippen LogP contribution is 2.39. The van der Waals surface area contributed by atoms with Crippen molar-refractivity contribution in [2.45, 2.75) is 109 Å². The maximum absolute atomic E-state index is 13.3. The number of piperidine rings is 3. The standard InChI is InChI=1S/C36H49N9O3.C31H40N8O3/c1-6-30-35(47)42(4)31-23-37-36(40-33(31)45(30)41(2)3)39-29-13-12-26(22-32(29)48-5)34(46)38-27-14-20-44(21-15-27)28-16-18-43(19-17-28)24-25-10-8-7-9-11-25;1-6-25-30(41)38(4)26-19-32-31(35-28(26)39(25)37(3)20-21-10-8-7-9-11-21)34-24-13-12-22(18-27(24)42-5)29(40)33-23-14-16-36(2)17-15-23/h7-13,22-23,27-28,30H,6,14-21,24H2,1-5H3,(H,38,46)(H,37,39,40);7-13,18-19,23,25H,6,14-17,20H2,1-5H3,(H,33,40)(H,32,34,35). The summed E-state index contributed by atoms with van der Waals surface area (Å²) in [5, 5.41) is 20.7. The van der Waals surface area contributed by atoms with Crippen LogP contribution in [0.5, 0.6) is 11.5 Å². The number of likely N-dealkylation sites (N-methyl/N-ethyl adjacent to an activating group) is 2. The smallest absolute Gasteiger partial charge is 0.251 e. The average Bonchev–Trinajstić information content (AvgIpc) is 0.803. The summed E-state index contributed by atoms with van der Waals surface area (Å²) in [7, 11) is 14.5. The number of hydrazine groups is 2. The minimum atomic E-state index is -0.407. The van der Waals surface area contributed by atoms with Crippen LogP contribution in [0.1, 0.15) is 97.1 Å². The molecule has 5 aliphatic heterocycles. The molecule has 0 spiro atoms. The van der Waals surface area contributed by atoms with Gasteiger partial charge in [-0.15, -0.1) is 0 Å². The molecule has 4 N–H and O–H groups in total. The Morgan fingerprint density at radius 3 is 1.50 bits per heavy atom. The zero-order chi connectivity index (χ0) is 63.6. The van der Waals surface area contributed by atoms with Gasteiger partial charge in [0, 0.05) is 90.7 Å². The molecule has 7 heterocycles. The van der Waals surface area contributed by atoms with E-state index in [0.29, 0.717) is 94.3 Å². The number of anilines is 8. The first-order valence-electron chi connectivity index (χ1n) is 31.5. The number of carbonyl (C=O) groups excluding carboxylic acids is 4. The SMILES string of the molecule is CCC1C(=O)N(C)c2cnc(Nc3ccc(C(=O)NC4CCN(C)CC4)cc3OC)nc2N1N(C)Cc1ccccc1.CCC1C(=O)N(C)c2cnc(Nc3ccc(C(=O)NC4CCN(C5CCN(Cc6ccccc6)CC5)CC4)cc3OC)nc2N1N(C)C. The van der Waals surface area contributed by atoms with Crippen molar-refractivity contribution in [3.63, 3.8) is 0 Å². The number of amides is 4. The van der Waals surface area contributed by atoms with Gasteiger partial charge in [-0.2, -0.15) is 9.97 Å². The molecule has 3 saturated heterocycles. The summed E-state index contributed by atoms with van der Waals surface area (Å²) in [4.78, 5) is 82.0. The number of fused-ring (bicyclic) bond motifs is 2.